The van der Waals surface area contributed by atoms with Gasteiger partial charge in [0.1, 0.15) is 0 Å². The van der Waals surface area contributed by atoms with E-state index in [-0.39, 0.29) is 5.16 Å². The molecule has 0 bridgehead atoms. The van der Waals surface area contributed by atoms with Gasteiger partial charge in [0.05, 0.1) is 23.7 Å². The van der Waals surface area contributed by atoms with Crippen LogP contribution in [0.3, 0.4) is 0 Å². The Hall–Kier alpha value is -1.70. The summed E-state index contributed by atoms with van der Waals surface area (Å²) in [5.41, 5.74) is 2.16. The van der Waals surface area contributed by atoms with E-state index < -0.39 is 15.1 Å². The van der Waals surface area contributed by atoms with Crippen molar-refractivity contribution < 1.29 is 13.2 Å². The van der Waals surface area contributed by atoms with Crippen LogP contribution < -0.4 is 0 Å². The van der Waals surface area contributed by atoms with Crippen LogP contribution in [0.4, 0.5) is 0 Å². The lowest BCUT2D eigenvalue weighted by Gasteiger charge is -2.32. The van der Waals surface area contributed by atoms with Crippen LogP contribution in [-0.2, 0) is 34.1 Å². The fourth-order valence-electron chi connectivity index (χ4n) is 3.98. The molecule has 0 N–H and O–H groups in total. The molecule has 0 radical (unpaired) electrons. The minimum atomic E-state index is -3.44. The van der Waals surface area contributed by atoms with Gasteiger partial charge in [-0.1, -0.05) is 30.3 Å². The van der Waals surface area contributed by atoms with Crippen molar-refractivity contribution in [2.24, 2.45) is 5.92 Å². The maximum absolute atomic E-state index is 12.9. The summed E-state index contributed by atoms with van der Waals surface area (Å²) >= 11 is 0. The van der Waals surface area contributed by atoms with E-state index >= 15 is 0 Å². The second kappa shape index (κ2) is 9.87. The third-order valence-corrected chi connectivity index (χ3v) is 7.71. The van der Waals surface area contributed by atoms with Gasteiger partial charge in [0.25, 0.3) is 0 Å². The summed E-state index contributed by atoms with van der Waals surface area (Å²) in [5, 5.41) is -0.293. The number of benzene rings is 1. The van der Waals surface area contributed by atoms with Gasteiger partial charge < -0.3 is 9.30 Å². The molecule has 3 rings (SSSR count). The molecule has 160 valence electrons. The number of aryl methyl sites for hydroxylation is 1. The zero-order valence-electron chi connectivity index (χ0n) is 17.8. The summed E-state index contributed by atoms with van der Waals surface area (Å²) in [6.45, 7) is 7.53. The SMILES string of the molecule is COC[C@H]1CCCN(Cc2cnc(S(=O)(=O)C(C)C)n2CCc2ccccc2)C1. The normalized spacial score (nSPS) is 18.4. The first-order chi connectivity index (χ1) is 13.9. The van der Waals surface area contributed by atoms with Crippen LogP contribution in [0.2, 0.25) is 0 Å². The quantitative estimate of drug-likeness (QED) is 0.625. The maximum Gasteiger partial charge on any atom is 0.228 e. The first-order valence-corrected chi connectivity index (χ1v) is 12.0. The van der Waals surface area contributed by atoms with Crippen molar-refractivity contribution in [3.8, 4) is 0 Å². The molecule has 0 unspecified atom stereocenters. The molecule has 1 aromatic heterocycles. The number of rotatable bonds is 9. The summed E-state index contributed by atoms with van der Waals surface area (Å²) in [5.74, 6) is 0.535. The molecule has 7 heteroatoms. The monoisotopic (exact) mass is 419 g/mol. The third kappa shape index (κ3) is 5.47. The van der Waals surface area contributed by atoms with Crippen LogP contribution >= 0.6 is 0 Å². The van der Waals surface area contributed by atoms with Crippen molar-refractivity contribution in [2.45, 2.75) is 56.6 Å². The van der Waals surface area contributed by atoms with Gasteiger partial charge in [0.15, 0.2) is 0 Å². The van der Waals surface area contributed by atoms with E-state index in [4.69, 9.17) is 4.74 Å². The number of hydrogen-bond acceptors (Lipinski definition) is 5. The zero-order chi connectivity index (χ0) is 20.9. The van der Waals surface area contributed by atoms with E-state index in [0.717, 1.165) is 44.8 Å². The number of ether oxygens (including phenoxy) is 1. The molecule has 6 nitrogen and oxygen atoms in total. The molecule has 2 aromatic rings. The summed E-state index contributed by atoms with van der Waals surface area (Å²) in [4.78, 5) is 6.76. The zero-order valence-corrected chi connectivity index (χ0v) is 18.6. The molecule has 0 spiro atoms. The fourth-order valence-corrected chi connectivity index (χ4v) is 5.11. The molecule has 1 aliphatic rings. The Kier molecular flexibility index (Phi) is 7.49. The van der Waals surface area contributed by atoms with Crippen LogP contribution in [0, 0.1) is 5.92 Å². The van der Waals surface area contributed by atoms with Crippen molar-refractivity contribution in [1.82, 2.24) is 14.5 Å². The third-order valence-electron chi connectivity index (χ3n) is 5.63. The smallest absolute Gasteiger partial charge is 0.228 e. The highest BCUT2D eigenvalue weighted by Crippen LogP contribution is 2.22. The summed E-state index contributed by atoms with van der Waals surface area (Å²) in [6, 6.07) is 10.2. The molecule has 1 aliphatic heterocycles. The van der Waals surface area contributed by atoms with Gasteiger partial charge in [-0.15, -0.1) is 0 Å². The van der Waals surface area contributed by atoms with Crippen LogP contribution in [-0.4, -0.2) is 54.9 Å². The average Bonchev–Trinajstić information content (AvgIpc) is 3.11. The standard InChI is InChI=1S/C22H33N3O3S/c1-18(2)29(26,27)22-23-14-21(16-24-12-7-10-20(15-24)17-28-3)25(22)13-11-19-8-5-4-6-9-19/h4-6,8-9,14,18,20H,7,10-13,15-17H2,1-3H3/t20-/m0/s1. The number of sulfone groups is 1. The highest BCUT2D eigenvalue weighted by molar-refractivity contribution is 7.91. The number of nitrogens with zero attached hydrogens (tertiary/aromatic N) is 3. The minimum absolute atomic E-state index is 0.198. The van der Waals surface area contributed by atoms with E-state index in [2.05, 4.69) is 22.0 Å². The predicted octanol–water partition coefficient (Wildman–Crippen LogP) is 3.17. The Balaban J connectivity index is 1.83. The van der Waals surface area contributed by atoms with Gasteiger partial charge in [0.2, 0.25) is 15.0 Å². The van der Waals surface area contributed by atoms with E-state index in [0.29, 0.717) is 12.5 Å². The molecule has 2 heterocycles. The van der Waals surface area contributed by atoms with Crippen molar-refractivity contribution in [2.75, 3.05) is 26.8 Å². The van der Waals surface area contributed by atoms with Crippen molar-refractivity contribution in [3.63, 3.8) is 0 Å². The van der Waals surface area contributed by atoms with Crippen LogP contribution in [0.15, 0.2) is 41.7 Å². The van der Waals surface area contributed by atoms with E-state index in [1.165, 1.54) is 12.0 Å². The van der Waals surface area contributed by atoms with Crippen LogP contribution in [0.25, 0.3) is 0 Å². The molecule has 1 saturated heterocycles. The predicted molar refractivity (Wildman–Crippen MR) is 115 cm³/mol. The number of piperidine rings is 1. The van der Waals surface area contributed by atoms with E-state index in [1.54, 1.807) is 27.2 Å². The second-order valence-electron chi connectivity index (χ2n) is 8.21. The first-order valence-electron chi connectivity index (χ1n) is 10.4. The lowest BCUT2D eigenvalue weighted by Crippen LogP contribution is -2.37. The fraction of sp³-hybridized carbons (Fsp3) is 0.591. The topological polar surface area (TPSA) is 64.4 Å². The number of methoxy groups -OCH3 is 1. The molecule has 0 amide bonds. The number of likely N-dealkylation sites (tertiary alicyclic amines) is 1. The molecule has 29 heavy (non-hydrogen) atoms. The highest BCUT2D eigenvalue weighted by atomic mass is 32.2. The number of imidazole rings is 1. The van der Waals surface area contributed by atoms with Crippen LogP contribution in [0.5, 0.6) is 0 Å². The summed E-state index contributed by atoms with van der Waals surface area (Å²) in [6.07, 6.45) is 4.85. The number of hydrogen-bond donors (Lipinski definition) is 0. The Labute approximate surface area is 174 Å². The van der Waals surface area contributed by atoms with E-state index in [9.17, 15) is 8.42 Å². The van der Waals surface area contributed by atoms with Crippen LogP contribution in [0.1, 0.15) is 37.9 Å². The van der Waals surface area contributed by atoms with Crippen molar-refractivity contribution in [3.05, 3.63) is 47.8 Å². The van der Waals surface area contributed by atoms with Gasteiger partial charge >= 0.3 is 0 Å². The molecule has 1 atom stereocenters. The lowest BCUT2D eigenvalue weighted by atomic mass is 9.99. The first kappa shape index (κ1) is 22.0. The average molecular weight is 420 g/mol. The minimum Gasteiger partial charge on any atom is -0.384 e. The van der Waals surface area contributed by atoms with E-state index in [1.807, 2.05) is 22.8 Å². The second-order valence-corrected chi connectivity index (χ2v) is 10.6. The molecule has 0 aliphatic carbocycles. The lowest BCUT2D eigenvalue weighted by molar-refractivity contribution is 0.0861. The Bertz CT molecular complexity index is 876. The van der Waals surface area contributed by atoms with Crippen molar-refractivity contribution in [1.29, 1.82) is 0 Å². The van der Waals surface area contributed by atoms with Gasteiger partial charge in [-0.3, -0.25) is 4.90 Å². The summed E-state index contributed by atoms with van der Waals surface area (Å²) < 4.78 is 33.0. The molecule has 1 fully saturated rings. The Morgan fingerprint density at radius 3 is 2.69 bits per heavy atom. The van der Waals surface area contributed by atoms with Gasteiger partial charge in [-0.2, -0.15) is 0 Å². The Morgan fingerprint density at radius 1 is 1.24 bits per heavy atom. The van der Waals surface area contributed by atoms with Gasteiger partial charge in [-0.05, 0) is 51.1 Å². The Morgan fingerprint density at radius 2 is 2.00 bits per heavy atom. The molecule has 1 aromatic carbocycles. The number of aromatic nitrogens is 2. The maximum atomic E-state index is 12.9. The molecular weight excluding hydrogens is 386 g/mol. The highest BCUT2D eigenvalue weighted by Gasteiger charge is 2.28. The summed E-state index contributed by atoms with van der Waals surface area (Å²) in [7, 11) is -1.69. The van der Waals surface area contributed by atoms with Gasteiger partial charge in [-0.25, -0.2) is 13.4 Å². The largest absolute Gasteiger partial charge is 0.384 e. The van der Waals surface area contributed by atoms with Gasteiger partial charge in [0, 0.05) is 26.7 Å². The molecular formula is C22H33N3O3S. The molecule has 0 saturated carbocycles. The van der Waals surface area contributed by atoms with Crippen molar-refractivity contribution >= 4 is 9.84 Å².